The summed E-state index contributed by atoms with van der Waals surface area (Å²) in [5, 5.41) is 20.5. The highest BCUT2D eigenvalue weighted by atomic mass is 16.5. The van der Waals surface area contributed by atoms with E-state index in [-0.39, 0.29) is 12.0 Å². The number of nitrogens with zero attached hydrogens (tertiary/aromatic N) is 2. The summed E-state index contributed by atoms with van der Waals surface area (Å²) in [4.78, 5) is 4.44. The van der Waals surface area contributed by atoms with E-state index in [1.807, 2.05) is 36.4 Å². The standard InChI is InChI=1S/C23H32N2O3/c1-23(2,3)19-8-4-7-11-22(19)28-17-18(26)16-24-12-14-25(15-13-24)20-9-5-6-10-21(20)27/h4-11,18,26-27H,12-17H2,1-3H3. The van der Waals surface area contributed by atoms with Gasteiger partial charge >= 0.3 is 0 Å². The Labute approximate surface area is 168 Å². The first kappa shape index (κ1) is 20.5. The molecule has 1 unspecified atom stereocenters. The van der Waals surface area contributed by atoms with Crippen molar-refractivity contribution in [1.82, 2.24) is 4.90 Å². The number of phenols is 1. The van der Waals surface area contributed by atoms with E-state index in [4.69, 9.17) is 4.74 Å². The first-order valence-corrected chi connectivity index (χ1v) is 10.0. The van der Waals surface area contributed by atoms with E-state index in [0.29, 0.717) is 12.3 Å². The smallest absolute Gasteiger partial charge is 0.138 e. The van der Waals surface area contributed by atoms with Crippen molar-refractivity contribution >= 4 is 5.69 Å². The first-order valence-electron chi connectivity index (χ1n) is 10.0. The van der Waals surface area contributed by atoms with Crippen LogP contribution in [0.4, 0.5) is 5.69 Å². The van der Waals surface area contributed by atoms with Gasteiger partial charge in [-0.15, -0.1) is 0 Å². The maximum Gasteiger partial charge on any atom is 0.138 e. The zero-order chi connectivity index (χ0) is 20.1. The molecule has 5 heteroatoms. The van der Waals surface area contributed by atoms with Crippen LogP contribution < -0.4 is 9.64 Å². The maximum absolute atomic E-state index is 10.5. The summed E-state index contributed by atoms with van der Waals surface area (Å²) >= 11 is 0. The van der Waals surface area contributed by atoms with Crippen molar-refractivity contribution in [3.05, 3.63) is 54.1 Å². The molecule has 0 bridgehead atoms. The van der Waals surface area contributed by atoms with Crippen molar-refractivity contribution in [2.75, 3.05) is 44.2 Å². The zero-order valence-corrected chi connectivity index (χ0v) is 17.1. The highest BCUT2D eigenvalue weighted by Crippen LogP contribution is 2.31. The first-order chi connectivity index (χ1) is 13.3. The minimum Gasteiger partial charge on any atom is -0.506 e. The van der Waals surface area contributed by atoms with E-state index in [0.717, 1.165) is 43.2 Å². The van der Waals surface area contributed by atoms with Gasteiger partial charge in [0.15, 0.2) is 0 Å². The summed E-state index contributed by atoms with van der Waals surface area (Å²) in [5.41, 5.74) is 2.03. The number of aliphatic hydroxyl groups is 1. The van der Waals surface area contributed by atoms with Crippen LogP contribution in [0.2, 0.25) is 0 Å². The Balaban J connectivity index is 1.48. The third-order valence-corrected chi connectivity index (χ3v) is 5.19. The molecule has 2 N–H and O–H groups in total. The van der Waals surface area contributed by atoms with Gasteiger partial charge in [0.05, 0.1) is 5.69 Å². The van der Waals surface area contributed by atoms with Gasteiger partial charge in [-0.25, -0.2) is 0 Å². The molecule has 0 aliphatic carbocycles. The molecule has 1 aliphatic rings. The van der Waals surface area contributed by atoms with Gasteiger partial charge in [-0.05, 0) is 29.2 Å². The van der Waals surface area contributed by atoms with Crippen LogP contribution in [-0.2, 0) is 5.41 Å². The number of piperazine rings is 1. The number of para-hydroxylation sites is 3. The van der Waals surface area contributed by atoms with Crippen LogP contribution in [0.5, 0.6) is 11.5 Å². The van der Waals surface area contributed by atoms with E-state index in [1.165, 1.54) is 0 Å². The van der Waals surface area contributed by atoms with E-state index in [2.05, 4.69) is 36.6 Å². The van der Waals surface area contributed by atoms with Gasteiger partial charge in [-0.1, -0.05) is 51.1 Å². The number of phenolic OH excluding ortho intramolecular Hbond substituents is 1. The molecular weight excluding hydrogens is 352 g/mol. The van der Waals surface area contributed by atoms with Crippen LogP contribution in [0.1, 0.15) is 26.3 Å². The lowest BCUT2D eigenvalue weighted by Gasteiger charge is -2.37. The third kappa shape index (κ3) is 5.18. The van der Waals surface area contributed by atoms with Gasteiger partial charge in [0.25, 0.3) is 0 Å². The summed E-state index contributed by atoms with van der Waals surface area (Å²) in [6, 6.07) is 15.5. The molecule has 152 valence electrons. The number of benzene rings is 2. The minimum atomic E-state index is -0.537. The number of aromatic hydroxyl groups is 1. The maximum atomic E-state index is 10.5. The quantitative estimate of drug-likeness (QED) is 0.801. The fourth-order valence-corrected chi connectivity index (χ4v) is 3.65. The normalized spacial score (nSPS) is 16.8. The predicted octanol–water partition coefficient (Wildman–Crippen LogP) is 3.25. The van der Waals surface area contributed by atoms with Crippen molar-refractivity contribution in [3.63, 3.8) is 0 Å². The summed E-state index contributed by atoms with van der Waals surface area (Å²) in [6.45, 7) is 10.7. The summed E-state index contributed by atoms with van der Waals surface area (Å²) < 4.78 is 5.95. The molecule has 5 nitrogen and oxygen atoms in total. The second-order valence-corrected chi connectivity index (χ2v) is 8.49. The molecule has 28 heavy (non-hydrogen) atoms. The topological polar surface area (TPSA) is 56.2 Å². The minimum absolute atomic E-state index is 0.000865. The highest BCUT2D eigenvalue weighted by molar-refractivity contribution is 5.57. The average Bonchev–Trinajstić information content (AvgIpc) is 2.67. The molecule has 1 atom stereocenters. The van der Waals surface area contributed by atoms with Crippen molar-refractivity contribution in [2.45, 2.75) is 32.3 Å². The van der Waals surface area contributed by atoms with Crippen LogP contribution in [-0.4, -0.2) is 60.5 Å². The Bertz CT molecular complexity index is 764. The molecule has 2 aromatic carbocycles. The number of β-amino-alcohol motifs (C(OH)–C–C–N with tert-alkyl or cyclic N) is 1. The Hall–Kier alpha value is -2.24. The monoisotopic (exact) mass is 384 g/mol. The summed E-state index contributed by atoms with van der Waals surface area (Å²) in [7, 11) is 0. The average molecular weight is 385 g/mol. The van der Waals surface area contributed by atoms with Crippen LogP contribution >= 0.6 is 0 Å². The lowest BCUT2D eigenvalue weighted by atomic mass is 9.86. The molecule has 1 fully saturated rings. The SMILES string of the molecule is CC(C)(C)c1ccccc1OCC(O)CN1CCN(c2ccccc2O)CC1. The van der Waals surface area contributed by atoms with Crippen LogP contribution in [0, 0.1) is 0 Å². The molecule has 0 saturated carbocycles. The van der Waals surface area contributed by atoms with Crippen molar-refractivity contribution in [2.24, 2.45) is 0 Å². The zero-order valence-electron chi connectivity index (χ0n) is 17.1. The highest BCUT2D eigenvalue weighted by Gasteiger charge is 2.22. The fraction of sp³-hybridized carbons (Fsp3) is 0.478. The summed E-state index contributed by atoms with van der Waals surface area (Å²) in [5.74, 6) is 1.17. The third-order valence-electron chi connectivity index (χ3n) is 5.19. The lowest BCUT2D eigenvalue weighted by molar-refractivity contribution is 0.0656. The van der Waals surface area contributed by atoms with Gasteiger partial charge in [-0.3, -0.25) is 4.90 Å². The van der Waals surface area contributed by atoms with Crippen LogP contribution in [0.15, 0.2) is 48.5 Å². The molecule has 0 radical (unpaired) electrons. The summed E-state index contributed by atoms with van der Waals surface area (Å²) in [6.07, 6.45) is -0.537. The van der Waals surface area contributed by atoms with Gasteiger partial charge in [0.2, 0.25) is 0 Å². The number of hydrogen-bond acceptors (Lipinski definition) is 5. The van der Waals surface area contributed by atoms with Crippen molar-refractivity contribution in [1.29, 1.82) is 0 Å². The molecule has 1 saturated heterocycles. The van der Waals surface area contributed by atoms with E-state index in [1.54, 1.807) is 6.07 Å². The largest absolute Gasteiger partial charge is 0.506 e. The Morgan fingerprint density at radius 1 is 0.964 bits per heavy atom. The molecule has 3 rings (SSSR count). The Morgan fingerprint density at radius 2 is 1.61 bits per heavy atom. The van der Waals surface area contributed by atoms with Gasteiger partial charge < -0.3 is 19.8 Å². The van der Waals surface area contributed by atoms with Crippen LogP contribution in [0.25, 0.3) is 0 Å². The number of aliphatic hydroxyl groups excluding tert-OH is 1. The number of anilines is 1. The van der Waals surface area contributed by atoms with Crippen molar-refractivity contribution in [3.8, 4) is 11.5 Å². The van der Waals surface area contributed by atoms with E-state index in [9.17, 15) is 10.2 Å². The molecule has 0 spiro atoms. The second kappa shape index (κ2) is 8.84. The molecule has 1 heterocycles. The number of hydrogen-bond donors (Lipinski definition) is 2. The Morgan fingerprint density at radius 3 is 2.29 bits per heavy atom. The molecule has 0 aromatic heterocycles. The second-order valence-electron chi connectivity index (χ2n) is 8.49. The van der Waals surface area contributed by atoms with Gasteiger partial charge in [0, 0.05) is 32.7 Å². The molecule has 0 amide bonds. The fourth-order valence-electron chi connectivity index (χ4n) is 3.65. The van der Waals surface area contributed by atoms with E-state index < -0.39 is 6.10 Å². The number of rotatable bonds is 6. The molecule has 2 aromatic rings. The van der Waals surface area contributed by atoms with Crippen molar-refractivity contribution < 1.29 is 14.9 Å². The lowest BCUT2D eigenvalue weighted by Crippen LogP contribution is -2.49. The molecule has 1 aliphatic heterocycles. The van der Waals surface area contributed by atoms with E-state index >= 15 is 0 Å². The van der Waals surface area contributed by atoms with Gasteiger partial charge in [-0.2, -0.15) is 0 Å². The predicted molar refractivity (Wildman–Crippen MR) is 113 cm³/mol. The molecular formula is C23H32N2O3. The van der Waals surface area contributed by atoms with Crippen LogP contribution in [0.3, 0.4) is 0 Å². The number of ether oxygens (including phenoxy) is 1. The Kier molecular flexibility index (Phi) is 6.47. The van der Waals surface area contributed by atoms with Gasteiger partial charge in [0.1, 0.15) is 24.2 Å².